The van der Waals surface area contributed by atoms with Gasteiger partial charge in [-0.25, -0.2) is 4.98 Å². The van der Waals surface area contributed by atoms with Gasteiger partial charge in [0.2, 0.25) is 0 Å². The molecule has 8 nitrogen and oxygen atoms in total. The molecule has 160 valence electrons. The van der Waals surface area contributed by atoms with Gasteiger partial charge >= 0.3 is 0 Å². The Morgan fingerprint density at radius 1 is 1.13 bits per heavy atom. The summed E-state index contributed by atoms with van der Waals surface area (Å²) in [7, 11) is 3.64. The number of hydrogen-bond acceptors (Lipinski definition) is 6. The maximum absolute atomic E-state index is 12.8. The minimum atomic E-state index is -0.262. The normalized spacial score (nSPS) is 11.2. The molecule has 0 saturated carbocycles. The summed E-state index contributed by atoms with van der Waals surface area (Å²) in [6, 6.07) is 17.6. The molecule has 0 spiro atoms. The number of nitrogens with one attached hydrogen (secondary N) is 2. The summed E-state index contributed by atoms with van der Waals surface area (Å²) in [5.74, 6) is 0.493. The number of aryl methyl sites for hydroxylation is 1. The molecule has 2 aromatic carbocycles. The van der Waals surface area contributed by atoms with Crippen LogP contribution in [0.1, 0.15) is 16.9 Å². The molecule has 0 unspecified atom stereocenters. The predicted molar refractivity (Wildman–Crippen MR) is 118 cm³/mol. The van der Waals surface area contributed by atoms with Gasteiger partial charge in [0.05, 0.1) is 24.9 Å². The van der Waals surface area contributed by atoms with Crippen LogP contribution in [0, 0.1) is 0 Å². The van der Waals surface area contributed by atoms with E-state index in [0.29, 0.717) is 18.7 Å². The van der Waals surface area contributed by atoms with Crippen LogP contribution in [0.5, 0.6) is 5.75 Å². The number of methoxy groups -OCH3 is 1. The van der Waals surface area contributed by atoms with E-state index in [1.165, 1.54) is 0 Å². The second-order valence-corrected chi connectivity index (χ2v) is 7.11. The molecule has 0 fully saturated rings. The van der Waals surface area contributed by atoms with E-state index in [1.807, 2.05) is 49.5 Å². The first-order valence-corrected chi connectivity index (χ1v) is 9.95. The Morgan fingerprint density at radius 2 is 1.90 bits per heavy atom. The number of benzene rings is 2. The third kappa shape index (κ3) is 4.09. The minimum Gasteiger partial charge on any atom is -0.497 e. The van der Waals surface area contributed by atoms with Crippen LogP contribution in [0.25, 0.3) is 33.1 Å². The number of amides is 1. The molecule has 31 heavy (non-hydrogen) atoms. The molecule has 0 bridgehead atoms. The van der Waals surface area contributed by atoms with Gasteiger partial charge in [0, 0.05) is 35.4 Å². The lowest BCUT2D eigenvalue weighted by atomic mass is 10.1. The highest BCUT2D eigenvalue weighted by Gasteiger charge is 2.19. The van der Waals surface area contributed by atoms with E-state index in [0.717, 1.165) is 38.8 Å². The van der Waals surface area contributed by atoms with Crippen molar-refractivity contribution in [2.45, 2.75) is 6.42 Å². The molecule has 0 aliphatic carbocycles. The molecule has 0 saturated heterocycles. The molecular formula is C23H24N4O4. The monoisotopic (exact) mass is 420 g/mol. The number of fused-ring (bicyclic) bond motifs is 3. The van der Waals surface area contributed by atoms with Crippen LogP contribution < -0.4 is 15.7 Å². The van der Waals surface area contributed by atoms with Crippen LogP contribution in [0.15, 0.2) is 54.6 Å². The molecule has 1 amide bonds. The van der Waals surface area contributed by atoms with Crippen LogP contribution in [0.3, 0.4) is 0 Å². The quantitative estimate of drug-likeness (QED) is 0.298. The number of pyridine rings is 1. The van der Waals surface area contributed by atoms with Crippen molar-refractivity contribution in [1.82, 2.24) is 20.5 Å². The van der Waals surface area contributed by atoms with Crippen LogP contribution in [0.2, 0.25) is 0 Å². The van der Waals surface area contributed by atoms with E-state index in [2.05, 4.69) is 26.9 Å². The van der Waals surface area contributed by atoms with Crippen molar-refractivity contribution in [3.63, 3.8) is 0 Å². The molecule has 2 heterocycles. The Balaban J connectivity index is 1.80. The van der Waals surface area contributed by atoms with E-state index in [1.54, 1.807) is 12.8 Å². The highest BCUT2D eigenvalue weighted by molar-refractivity contribution is 6.13. The van der Waals surface area contributed by atoms with E-state index in [-0.39, 0.29) is 12.5 Å². The third-order valence-electron chi connectivity index (χ3n) is 5.25. The minimum absolute atomic E-state index is 0.262. The molecule has 4 rings (SSSR count). The fourth-order valence-corrected chi connectivity index (χ4v) is 3.75. The van der Waals surface area contributed by atoms with Crippen molar-refractivity contribution in [3.8, 4) is 17.0 Å². The Labute approximate surface area is 179 Å². The van der Waals surface area contributed by atoms with Gasteiger partial charge in [-0.1, -0.05) is 23.8 Å². The second kappa shape index (κ2) is 9.13. The number of aromatic nitrogens is 2. The molecule has 0 atom stereocenters. The summed E-state index contributed by atoms with van der Waals surface area (Å²) < 4.78 is 7.39. The molecule has 0 aliphatic heterocycles. The number of para-hydroxylation sites is 1. The van der Waals surface area contributed by atoms with Crippen molar-refractivity contribution in [3.05, 3.63) is 60.3 Å². The van der Waals surface area contributed by atoms with Crippen LogP contribution in [-0.4, -0.2) is 40.9 Å². The van der Waals surface area contributed by atoms with Crippen LogP contribution >= 0.6 is 0 Å². The highest BCUT2D eigenvalue weighted by atomic mass is 16.8. The fraction of sp³-hybridized carbons (Fsp3) is 0.217. The van der Waals surface area contributed by atoms with Gasteiger partial charge in [-0.05, 0) is 42.8 Å². The molecule has 2 aromatic heterocycles. The molecule has 0 aliphatic rings. The average molecular weight is 420 g/mol. The van der Waals surface area contributed by atoms with Gasteiger partial charge in [-0.3, -0.25) is 14.8 Å². The van der Waals surface area contributed by atoms with Crippen molar-refractivity contribution in [2.75, 3.05) is 20.3 Å². The van der Waals surface area contributed by atoms with Crippen molar-refractivity contribution in [1.29, 1.82) is 0 Å². The van der Waals surface area contributed by atoms with Gasteiger partial charge in [0.15, 0.2) is 0 Å². The van der Waals surface area contributed by atoms with E-state index < -0.39 is 0 Å². The molecular weight excluding hydrogens is 396 g/mol. The summed E-state index contributed by atoms with van der Waals surface area (Å²) >= 11 is 0. The lowest BCUT2D eigenvalue weighted by molar-refractivity contribution is -0.127. The number of rotatable bonds is 8. The van der Waals surface area contributed by atoms with Crippen molar-refractivity contribution in [2.24, 2.45) is 7.05 Å². The number of hydrogen-bond donors (Lipinski definition) is 3. The number of nitrogens with zero attached hydrogens (tertiary/aromatic N) is 2. The zero-order valence-corrected chi connectivity index (χ0v) is 17.4. The Kier molecular flexibility index (Phi) is 6.13. The lowest BCUT2D eigenvalue weighted by Crippen LogP contribution is -2.26. The number of ether oxygens (including phenoxy) is 1. The fourth-order valence-electron chi connectivity index (χ4n) is 3.75. The summed E-state index contributed by atoms with van der Waals surface area (Å²) in [4.78, 5) is 22.2. The first kappa shape index (κ1) is 20.8. The smallest absolute Gasteiger partial charge is 0.269 e. The van der Waals surface area contributed by atoms with Crippen molar-refractivity contribution >= 4 is 27.7 Å². The van der Waals surface area contributed by atoms with E-state index in [4.69, 9.17) is 14.9 Å². The Hall–Kier alpha value is -3.46. The number of carbonyl (C=O) groups excluding carboxylic acids is 1. The summed E-state index contributed by atoms with van der Waals surface area (Å²) in [6.45, 7) is 0.664. The molecule has 0 radical (unpaired) electrons. The molecule has 4 aromatic rings. The SMILES string of the molecule is COc1ccc(-c2nc(C(=O)NCCCONO)cc3c4ccccc4n(C)c23)cc1. The summed E-state index contributed by atoms with van der Waals surface area (Å²) in [5, 5.41) is 13.3. The van der Waals surface area contributed by atoms with Gasteiger partial charge in [0.25, 0.3) is 5.91 Å². The topological polar surface area (TPSA) is 97.6 Å². The predicted octanol–water partition coefficient (Wildman–Crippen LogP) is 3.43. The zero-order chi connectivity index (χ0) is 21.8. The maximum atomic E-state index is 12.8. The zero-order valence-electron chi connectivity index (χ0n) is 17.4. The standard InChI is InChI=1S/C23H24N4O4/c1-27-20-7-4-3-6-17(20)18-14-19(23(28)24-12-5-13-31-26-29)25-21(22(18)27)15-8-10-16(30-2)11-9-15/h3-4,6-11,14,26,29H,5,12-13H2,1-2H3,(H,24,28). The molecule has 3 N–H and O–H groups in total. The molecule has 8 heteroatoms. The number of carbonyl (C=O) groups is 1. The van der Waals surface area contributed by atoms with Crippen LogP contribution in [0.4, 0.5) is 0 Å². The Bertz CT molecular complexity index is 1220. The van der Waals surface area contributed by atoms with E-state index >= 15 is 0 Å². The second-order valence-electron chi connectivity index (χ2n) is 7.11. The van der Waals surface area contributed by atoms with Crippen LogP contribution in [-0.2, 0) is 11.9 Å². The van der Waals surface area contributed by atoms with Gasteiger partial charge in [-0.2, -0.15) is 0 Å². The lowest BCUT2D eigenvalue weighted by Gasteiger charge is -2.10. The van der Waals surface area contributed by atoms with E-state index in [9.17, 15) is 4.79 Å². The van der Waals surface area contributed by atoms with Gasteiger partial charge < -0.3 is 14.6 Å². The Morgan fingerprint density at radius 3 is 2.65 bits per heavy atom. The first-order chi connectivity index (χ1) is 15.1. The van der Waals surface area contributed by atoms with Crippen molar-refractivity contribution < 1.29 is 19.6 Å². The van der Waals surface area contributed by atoms with Gasteiger partial charge in [-0.15, -0.1) is 0 Å². The third-order valence-corrected chi connectivity index (χ3v) is 5.25. The summed E-state index contributed by atoms with van der Waals surface area (Å²) in [5.41, 5.74) is 5.63. The maximum Gasteiger partial charge on any atom is 0.269 e. The average Bonchev–Trinajstić information content (AvgIpc) is 3.10. The first-order valence-electron chi connectivity index (χ1n) is 9.95. The largest absolute Gasteiger partial charge is 0.497 e. The summed E-state index contributed by atoms with van der Waals surface area (Å²) in [6.07, 6.45) is 0.543. The van der Waals surface area contributed by atoms with Gasteiger partial charge in [0.1, 0.15) is 11.4 Å². The highest BCUT2D eigenvalue weighted by Crippen LogP contribution is 2.35.